The van der Waals surface area contributed by atoms with Gasteiger partial charge >= 0.3 is 0 Å². The molecule has 0 unspecified atom stereocenters. The summed E-state index contributed by atoms with van der Waals surface area (Å²) in [6.07, 6.45) is 9.53. The zero-order chi connectivity index (χ0) is 12.2. The second-order valence-corrected chi connectivity index (χ2v) is 5.21. The standard InChI is InChI=1S/C16H20O2/c1-2-6-13(7-3-1)12-18-16-10-11-17-15-9-5-4-8-14(15)16/h1-3,6-7,10-11,14-16H,4-5,8-9,12H2/t14-,15+,16+/m0/s1. The highest BCUT2D eigenvalue weighted by Crippen LogP contribution is 2.34. The van der Waals surface area contributed by atoms with Crippen molar-refractivity contribution >= 4 is 0 Å². The van der Waals surface area contributed by atoms with Crippen LogP contribution in [0.3, 0.4) is 0 Å². The summed E-state index contributed by atoms with van der Waals surface area (Å²) in [5.74, 6) is 0.549. The quantitative estimate of drug-likeness (QED) is 0.807. The highest BCUT2D eigenvalue weighted by atomic mass is 16.5. The Hall–Kier alpha value is -1.28. The maximum Gasteiger partial charge on any atom is 0.103 e. The van der Waals surface area contributed by atoms with E-state index in [0.29, 0.717) is 18.6 Å². The summed E-state index contributed by atoms with van der Waals surface area (Å²) < 4.78 is 11.8. The van der Waals surface area contributed by atoms with E-state index >= 15 is 0 Å². The largest absolute Gasteiger partial charge is 0.498 e. The van der Waals surface area contributed by atoms with Crippen LogP contribution in [0.4, 0.5) is 0 Å². The van der Waals surface area contributed by atoms with E-state index in [2.05, 4.69) is 30.3 Å². The van der Waals surface area contributed by atoms with Crippen LogP contribution in [0.1, 0.15) is 31.2 Å². The van der Waals surface area contributed by atoms with E-state index in [1.54, 1.807) is 0 Å². The second-order valence-electron chi connectivity index (χ2n) is 5.21. The number of ether oxygens (including phenoxy) is 2. The minimum Gasteiger partial charge on any atom is -0.498 e. The Balaban J connectivity index is 1.61. The van der Waals surface area contributed by atoms with Crippen LogP contribution < -0.4 is 0 Å². The summed E-state index contributed by atoms with van der Waals surface area (Å²) in [5.41, 5.74) is 1.24. The average molecular weight is 244 g/mol. The molecule has 1 aromatic rings. The van der Waals surface area contributed by atoms with Gasteiger partial charge in [-0.25, -0.2) is 0 Å². The normalized spacial score (nSPS) is 30.6. The summed E-state index contributed by atoms with van der Waals surface area (Å²) in [7, 11) is 0. The monoisotopic (exact) mass is 244 g/mol. The van der Waals surface area contributed by atoms with Gasteiger partial charge < -0.3 is 9.47 Å². The molecule has 3 atom stereocenters. The fourth-order valence-electron chi connectivity index (χ4n) is 2.98. The first-order chi connectivity index (χ1) is 8.93. The maximum atomic E-state index is 6.07. The molecule has 0 aromatic heterocycles. The molecular formula is C16H20O2. The van der Waals surface area contributed by atoms with Crippen molar-refractivity contribution in [3.8, 4) is 0 Å². The topological polar surface area (TPSA) is 18.5 Å². The molecule has 0 amide bonds. The van der Waals surface area contributed by atoms with E-state index < -0.39 is 0 Å². The van der Waals surface area contributed by atoms with E-state index in [-0.39, 0.29) is 6.10 Å². The molecule has 1 aromatic carbocycles. The van der Waals surface area contributed by atoms with Crippen molar-refractivity contribution in [1.82, 2.24) is 0 Å². The van der Waals surface area contributed by atoms with Crippen LogP contribution in [0, 0.1) is 5.92 Å². The van der Waals surface area contributed by atoms with Crippen molar-refractivity contribution in [3.63, 3.8) is 0 Å². The van der Waals surface area contributed by atoms with E-state index in [1.807, 2.05) is 12.3 Å². The van der Waals surface area contributed by atoms with E-state index in [0.717, 1.165) is 0 Å². The highest BCUT2D eigenvalue weighted by Gasteiger charge is 2.34. The van der Waals surface area contributed by atoms with Crippen LogP contribution in [0.25, 0.3) is 0 Å². The molecule has 0 radical (unpaired) electrons. The third-order valence-corrected chi connectivity index (χ3v) is 3.98. The van der Waals surface area contributed by atoms with Crippen molar-refractivity contribution in [1.29, 1.82) is 0 Å². The summed E-state index contributed by atoms with van der Waals surface area (Å²) in [6, 6.07) is 10.4. The molecule has 1 aliphatic carbocycles. The Bertz CT molecular complexity index is 399. The minimum absolute atomic E-state index is 0.226. The first-order valence-corrected chi connectivity index (χ1v) is 6.91. The van der Waals surface area contributed by atoms with Crippen LogP contribution in [0.5, 0.6) is 0 Å². The second kappa shape index (κ2) is 5.57. The lowest BCUT2D eigenvalue weighted by Crippen LogP contribution is -2.38. The van der Waals surface area contributed by atoms with Gasteiger partial charge in [0.1, 0.15) is 6.10 Å². The molecular weight excluding hydrogens is 224 g/mol. The summed E-state index contributed by atoms with van der Waals surface area (Å²) in [6.45, 7) is 0.694. The van der Waals surface area contributed by atoms with Gasteiger partial charge in [-0.15, -0.1) is 0 Å². The van der Waals surface area contributed by atoms with Gasteiger partial charge in [0.25, 0.3) is 0 Å². The Kier molecular flexibility index (Phi) is 3.65. The van der Waals surface area contributed by atoms with Gasteiger partial charge in [-0.1, -0.05) is 36.8 Å². The third kappa shape index (κ3) is 2.59. The van der Waals surface area contributed by atoms with Gasteiger partial charge in [-0.05, 0) is 30.9 Å². The lowest BCUT2D eigenvalue weighted by Gasteiger charge is -2.37. The predicted octanol–water partition coefficient (Wildman–Crippen LogP) is 3.67. The first-order valence-electron chi connectivity index (χ1n) is 6.91. The number of hydrogen-bond acceptors (Lipinski definition) is 2. The molecule has 2 heteroatoms. The van der Waals surface area contributed by atoms with Gasteiger partial charge in [0.15, 0.2) is 0 Å². The molecule has 18 heavy (non-hydrogen) atoms. The van der Waals surface area contributed by atoms with Gasteiger partial charge in [-0.2, -0.15) is 0 Å². The van der Waals surface area contributed by atoms with E-state index in [4.69, 9.17) is 9.47 Å². The zero-order valence-corrected chi connectivity index (χ0v) is 10.6. The lowest BCUT2D eigenvalue weighted by molar-refractivity contribution is -0.0592. The molecule has 3 rings (SSSR count). The molecule has 96 valence electrons. The average Bonchev–Trinajstić information content (AvgIpc) is 2.46. The van der Waals surface area contributed by atoms with Gasteiger partial charge in [0, 0.05) is 5.92 Å². The molecule has 1 saturated carbocycles. The number of rotatable bonds is 3. The third-order valence-electron chi connectivity index (χ3n) is 3.98. The van der Waals surface area contributed by atoms with Gasteiger partial charge in [0.2, 0.25) is 0 Å². The highest BCUT2D eigenvalue weighted by molar-refractivity contribution is 5.13. The fraction of sp³-hybridized carbons (Fsp3) is 0.500. The molecule has 0 saturated heterocycles. The van der Waals surface area contributed by atoms with Crippen molar-refractivity contribution in [2.75, 3.05) is 0 Å². The summed E-state index contributed by atoms with van der Waals surface area (Å²) in [4.78, 5) is 0. The number of benzene rings is 1. The van der Waals surface area contributed by atoms with Crippen molar-refractivity contribution in [2.45, 2.75) is 44.5 Å². The molecule has 0 spiro atoms. The smallest absolute Gasteiger partial charge is 0.103 e. The molecule has 0 bridgehead atoms. The molecule has 1 aliphatic heterocycles. The molecule has 2 nitrogen and oxygen atoms in total. The Morgan fingerprint density at radius 2 is 1.94 bits per heavy atom. The lowest BCUT2D eigenvalue weighted by atomic mass is 9.81. The van der Waals surface area contributed by atoms with Gasteiger partial charge in [-0.3, -0.25) is 0 Å². The molecule has 2 aliphatic rings. The predicted molar refractivity (Wildman–Crippen MR) is 71.0 cm³/mol. The molecule has 0 N–H and O–H groups in total. The van der Waals surface area contributed by atoms with Crippen LogP contribution in [-0.2, 0) is 16.1 Å². The van der Waals surface area contributed by atoms with Crippen LogP contribution in [-0.4, -0.2) is 12.2 Å². The van der Waals surface area contributed by atoms with E-state index in [9.17, 15) is 0 Å². The van der Waals surface area contributed by atoms with Gasteiger partial charge in [0.05, 0.1) is 19.0 Å². The first kappa shape index (κ1) is 11.8. The Labute approximate surface area is 109 Å². The van der Waals surface area contributed by atoms with Crippen LogP contribution in [0.2, 0.25) is 0 Å². The number of hydrogen-bond donors (Lipinski definition) is 0. The maximum absolute atomic E-state index is 6.07. The summed E-state index contributed by atoms with van der Waals surface area (Å²) in [5, 5.41) is 0. The Morgan fingerprint density at radius 1 is 1.11 bits per heavy atom. The van der Waals surface area contributed by atoms with Crippen molar-refractivity contribution < 1.29 is 9.47 Å². The molecule has 1 fully saturated rings. The summed E-state index contributed by atoms with van der Waals surface area (Å²) >= 11 is 0. The van der Waals surface area contributed by atoms with E-state index in [1.165, 1.54) is 31.2 Å². The van der Waals surface area contributed by atoms with Crippen molar-refractivity contribution in [3.05, 3.63) is 48.2 Å². The fourth-order valence-corrected chi connectivity index (χ4v) is 2.98. The number of fused-ring (bicyclic) bond motifs is 1. The zero-order valence-electron chi connectivity index (χ0n) is 10.6. The van der Waals surface area contributed by atoms with Crippen molar-refractivity contribution in [2.24, 2.45) is 5.92 Å². The minimum atomic E-state index is 0.226. The SMILES string of the molecule is C1=C[C@@H](OCc2ccccc2)[C@H]2CCCC[C@H]2O1. The Morgan fingerprint density at radius 3 is 2.83 bits per heavy atom. The molecule has 1 heterocycles. The van der Waals surface area contributed by atoms with Crippen LogP contribution in [0.15, 0.2) is 42.7 Å². The van der Waals surface area contributed by atoms with Crippen LogP contribution >= 0.6 is 0 Å².